The first-order chi connectivity index (χ1) is 9.78. The highest BCUT2D eigenvalue weighted by Crippen LogP contribution is 2.33. The first kappa shape index (κ1) is 13.6. The van der Waals surface area contributed by atoms with E-state index in [1.165, 1.54) is 0 Å². The predicted octanol–water partition coefficient (Wildman–Crippen LogP) is 4.59. The lowest BCUT2D eigenvalue weighted by Gasteiger charge is -2.12. The van der Waals surface area contributed by atoms with Crippen LogP contribution in [-0.2, 0) is 18.9 Å². The average Bonchev–Trinajstić information content (AvgIpc) is 2.93. The Kier molecular flexibility index (Phi) is 4.04. The van der Waals surface area contributed by atoms with Gasteiger partial charge in [0, 0.05) is 22.6 Å². The molecule has 1 aliphatic heterocycles. The third-order valence-corrected chi connectivity index (χ3v) is 3.83. The SMILES string of the molecule is ClCc1ccccc1OCc1cc(Cl)cc2c1OCC2. The summed E-state index contributed by atoms with van der Waals surface area (Å²) in [5.41, 5.74) is 3.12. The van der Waals surface area contributed by atoms with E-state index in [4.69, 9.17) is 32.7 Å². The summed E-state index contributed by atoms with van der Waals surface area (Å²) in [5, 5.41) is 0.721. The van der Waals surface area contributed by atoms with Crippen molar-refractivity contribution in [3.8, 4) is 11.5 Å². The second kappa shape index (κ2) is 5.94. The smallest absolute Gasteiger partial charge is 0.129 e. The molecule has 0 aromatic heterocycles. The van der Waals surface area contributed by atoms with Gasteiger partial charge in [0.2, 0.25) is 0 Å². The molecule has 0 saturated heterocycles. The van der Waals surface area contributed by atoms with Gasteiger partial charge in [0.1, 0.15) is 18.1 Å². The van der Waals surface area contributed by atoms with E-state index in [0.29, 0.717) is 19.1 Å². The molecule has 0 spiro atoms. The van der Waals surface area contributed by atoms with Crippen LogP contribution in [0, 0.1) is 0 Å². The van der Waals surface area contributed by atoms with E-state index in [1.807, 2.05) is 36.4 Å². The van der Waals surface area contributed by atoms with Gasteiger partial charge in [-0.2, -0.15) is 0 Å². The number of hydrogen-bond donors (Lipinski definition) is 0. The van der Waals surface area contributed by atoms with Crippen LogP contribution in [-0.4, -0.2) is 6.61 Å². The van der Waals surface area contributed by atoms with E-state index in [0.717, 1.165) is 39.6 Å². The molecule has 0 radical (unpaired) electrons. The van der Waals surface area contributed by atoms with E-state index in [9.17, 15) is 0 Å². The first-order valence-corrected chi connectivity index (χ1v) is 7.40. The molecule has 2 aromatic rings. The Bertz CT molecular complexity index is 626. The van der Waals surface area contributed by atoms with E-state index < -0.39 is 0 Å². The van der Waals surface area contributed by atoms with Gasteiger partial charge in [-0.25, -0.2) is 0 Å². The zero-order chi connectivity index (χ0) is 13.9. The highest BCUT2D eigenvalue weighted by molar-refractivity contribution is 6.30. The Hall–Kier alpha value is -1.38. The van der Waals surface area contributed by atoms with Crippen LogP contribution in [0.2, 0.25) is 5.02 Å². The highest BCUT2D eigenvalue weighted by Gasteiger charge is 2.18. The van der Waals surface area contributed by atoms with Crippen LogP contribution in [0.5, 0.6) is 11.5 Å². The standard InChI is InChI=1S/C16H14Cl2O2/c17-9-12-3-1-2-4-15(12)20-10-13-8-14(18)7-11-5-6-19-16(11)13/h1-4,7-8H,5-6,9-10H2. The molecule has 2 nitrogen and oxygen atoms in total. The van der Waals surface area contributed by atoms with Gasteiger partial charge in [-0.1, -0.05) is 29.8 Å². The summed E-state index contributed by atoms with van der Waals surface area (Å²) in [6, 6.07) is 11.6. The van der Waals surface area contributed by atoms with Crippen LogP contribution in [0.15, 0.2) is 36.4 Å². The zero-order valence-electron chi connectivity index (χ0n) is 10.9. The topological polar surface area (TPSA) is 18.5 Å². The van der Waals surface area contributed by atoms with E-state index in [1.54, 1.807) is 0 Å². The maximum Gasteiger partial charge on any atom is 0.129 e. The lowest BCUT2D eigenvalue weighted by Crippen LogP contribution is -2.00. The fraction of sp³-hybridized carbons (Fsp3) is 0.250. The van der Waals surface area contributed by atoms with Crippen LogP contribution in [0.1, 0.15) is 16.7 Å². The van der Waals surface area contributed by atoms with Crippen LogP contribution in [0.4, 0.5) is 0 Å². The van der Waals surface area contributed by atoms with Gasteiger partial charge in [-0.3, -0.25) is 0 Å². The van der Waals surface area contributed by atoms with Crippen LogP contribution >= 0.6 is 23.2 Å². The van der Waals surface area contributed by atoms with Gasteiger partial charge < -0.3 is 9.47 Å². The molecule has 0 saturated carbocycles. The van der Waals surface area contributed by atoms with Crippen LogP contribution < -0.4 is 9.47 Å². The number of hydrogen-bond acceptors (Lipinski definition) is 2. The van der Waals surface area contributed by atoms with Crippen molar-refractivity contribution < 1.29 is 9.47 Å². The normalized spacial score (nSPS) is 12.9. The molecule has 0 aliphatic carbocycles. The second-order valence-corrected chi connectivity index (χ2v) is 5.39. The Morgan fingerprint density at radius 3 is 2.85 bits per heavy atom. The van der Waals surface area contributed by atoms with Gasteiger partial charge in [0.25, 0.3) is 0 Å². The summed E-state index contributed by atoms with van der Waals surface area (Å²) in [6.07, 6.45) is 0.904. The minimum absolute atomic E-state index is 0.427. The molecule has 20 heavy (non-hydrogen) atoms. The molecule has 0 bridgehead atoms. The molecular formula is C16H14Cl2O2. The van der Waals surface area contributed by atoms with E-state index >= 15 is 0 Å². The monoisotopic (exact) mass is 308 g/mol. The van der Waals surface area contributed by atoms with Gasteiger partial charge in [-0.05, 0) is 23.8 Å². The van der Waals surface area contributed by atoms with Crippen molar-refractivity contribution in [2.24, 2.45) is 0 Å². The van der Waals surface area contributed by atoms with E-state index in [-0.39, 0.29) is 0 Å². The number of rotatable bonds is 4. The number of benzene rings is 2. The molecule has 0 unspecified atom stereocenters. The lowest BCUT2D eigenvalue weighted by atomic mass is 10.1. The zero-order valence-corrected chi connectivity index (χ0v) is 12.4. The lowest BCUT2D eigenvalue weighted by molar-refractivity contribution is 0.290. The van der Waals surface area contributed by atoms with E-state index in [2.05, 4.69) is 0 Å². The molecular weight excluding hydrogens is 295 g/mol. The maximum atomic E-state index is 6.14. The predicted molar refractivity (Wildman–Crippen MR) is 81.0 cm³/mol. The van der Waals surface area contributed by atoms with Crippen molar-refractivity contribution in [3.05, 3.63) is 58.1 Å². The first-order valence-electron chi connectivity index (χ1n) is 6.48. The Morgan fingerprint density at radius 1 is 1.15 bits per heavy atom. The molecule has 0 amide bonds. The summed E-state index contributed by atoms with van der Waals surface area (Å²) >= 11 is 12.0. The van der Waals surface area contributed by atoms with Gasteiger partial charge in [-0.15, -0.1) is 11.6 Å². The minimum atomic E-state index is 0.427. The molecule has 2 aromatic carbocycles. The molecule has 4 heteroatoms. The Morgan fingerprint density at radius 2 is 2.00 bits per heavy atom. The quantitative estimate of drug-likeness (QED) is 0.769. The summed E-state index contributed by atoms with van der Waals surface area (Å²) in [7, 11) is 0. The summed E-state index contributed by atoms with van der Waals surface area (Å²) in [4.78, 5) is 0. The second-order valence-electron chi connectivity index (χ2n) is 4.68. The van der Waals surface area contributed by atoms with Crippen molar-refractivity contribution in [1.29, 1.82) is 0 Å². The van der Waals surface area contributed by atoms with Crippen molar-refractivity contribution in [2.75, 3.05) is 6.61 Å². The Labute approximate surface area is 128 Å². The van der Waals surface area contributed by atoms with Gasteiger partial charge in [0.05, 0.1) is 12.5 Å². The third kappa shape index (κ3) is 2.72. The van der Waals surface area contributed by atoms with Crippen molar-refractivity contribution in [2.45, 2.75) is 18.9 Å². The number of fused-ring (bicyclic) bond motifs is 1. The Balaban J connectivity index is 1.82. The fourth-order valence-corrected chi connectivity index (χ4v) is 2.85. The van der Waals surface area contributed by atoms with Crippen molar-refractivity contribution in [1.82, 2.24) is 0 Å². The molecule has 1 heterocycles. The third-order valence-electron chi connectivity index (χ3n) is 3.33. The molecule has 0 N–H and O–H groups in total. The number of ether oxygens (including phenoxy) is 2. The van der Waals surface area contributed by atoms with Crippen molar-refractivity contribution >= 4 is 23.2 Å². The van der Waals surface area contributed by atoms with Gasteiger partial charge in [0.15, 0.2) is 0 Å². The maximum absolute atomic E-state index is 6.14. The molecule has 104 valence electrons. The summed E-state index contributed by atoms with van der Waals surface area (Å²) in [5.74, 6) is 2.15. The molecule has 0 fully saturated rings. The fourth-order valence-electron chi connectivity index (χ4n) is 2.36. The molecule has 1 aliphatic rings. The number of para-hydroxylation sites is 1. The largest absolute Gasteiger partial charge is 0.493 e. The van der Waals surface area contributed by atoms with Crippen LogP contribution in [0.25, 0.3) is 0 Å². The molecule has 0 atom stereocenters. The minimum Gasteiger partial charge on any atom is -0.493 e. The molecule has 3 rings (SSSR count). The average molecular weight is 309 g/mol. The summed E-state index contributed by atoms with van der Waals surface area (Å²) in [6.45, 7) is 1.14. The number of halogens is 2. The van der Waals surface area contributed by atoms with Crippen LogP contribution in [0.3, 0.4) is 0 Å². The summed E-state index contributed by atoms with van der Waals surface area (Å²) < 4.78 is 11.5. The number of alkyl halides is 1. The van der Waals surface area contributed by atoms with Crippen molar-refractivity contribution in [3.63, 3.8) is 0 Å². The highest BCUT2D eigenvalue weighted by atomic mass is 35.5. The van der Waals surface area contributed by atoms with Gasteiger partial charge >= 0.3 is 0 Å².